The SMILES string of the molecule is COC(=O)N=C(SC)C(=Nc1ccc(-c2noc(C)n2)cc1)c1cc(CC#N)c(F)c(OC)c1. The summed E-state index contributed by atoms with van der Waals surface area (Å²) in [4.78, 5) is 24.7. The third-order valence-corrected chi connectivity index (χ3v) is 5.21. The summed E-state index contributed by atoms with van der Waals surface area (Å²) in [6.07, 6.45) is 0.729. The van der Waals surface area contributed by atoms with Crippen molar-refractivity contribution in [1.29, 1.82) is 5.26 Å². The zero-order chi connectivity index (χ0) is 24.7. The van der Waals surface area contributed by atoms with E-state index in [1.165, 1.54) is 26.4 Å². The number of nitriles is 1. The van der Waals surface area contributed by atoms with Gasteiger partial charge < -0.3 is 14.0 Å². The van der Waals surface area contributed by atoms with Gasteiger partial charge in [-0.3, -0.25) is 0 Å². The molecule has 174 valence electrons. The molecule has 0 radical (unpaired) electrons. The fourth-order valence-corrected chi connectivity index (χ4v) is 3.47. The van der Waals surface area contributed by atoms with Crippen molar-refractivity contribution in [3.63, 3.8) is 0 Å². The lowest BCUT2D eigenvalue weighted by Gasteiger charge is -2.13. The topological polar surface area (TPSA) is 123 Å². The standard InChI is InChI=1S/C23H20FN5O4S/c1-13-26-21(29-33-13)14-5-7-17(8-6-14)27-20(22(34-4)28-23(30)32-3)16-11-15(9-10-25)19(24)18(12-16)31-2/h5-8,11-12H,9H2,1-4H3. The number of amides is 1. The zero-order valence-corrected chi connectivity index (χ0v) is 19.6. The molecule has 11 heteroatoms. The van der Waals surface area contributed by atoms with Gasteiger partial charge in [-0.1, -0.05) is 5.16 Å². The monoisotopic (exact) mass is 481 g/mol. The summed E-state index contributed by atoms with van der Waals surface area (Å²) in [6.45, 7) is 1.70. The Kier molecular flexibility index (Phi) is 8.10. The largest absolute Gasteiger partial charge is 0.494 e. The molecule has 2 aromatic carbocycles. The minimum atomic E-state index is -0.814. The van der Waals surface area contributed by atoms with E-state index in [2.05, 4.69) is 24.9 Å². The predicted octanol–water partition coefficient (Wildman–Crippen LogP) is 4.91. The van der Waals surface area contributed by atoms with Crippen LogP contribution < -0.4 is 4.74 Å². The molecule has 9 nitrogen and oxygen atoms in total. The second-order valence-electron chi connectivity index (χ2n) is 6.72. The number of rotatable bonds is 6. The van der Waals surface area contributed by atoms with Crippen LogP contribution in [-0.4, -0.2) is 47.5 Å². The summed E-state index contributed by atoms with van der Waals surface area (Å²) in [5.74, 6) is 0.190. The second-order valence-corrected chi connectivity index (χ2v) is 7.52. The van der Waals surface area contributed by atoms with E-state index in [9.17, 15) is 9.18 Å². The van der Waals surface area contributed by atoms with Crippen LogP contribution in [0.15, 0.2) is 50.9 Å². The maximum atomic E-state index is 14.6. The number of hydrogen-bond acceptors (Lipinski definition) is 9. The van der Waals surface area contributed by atoms with Gasteiger partial charge in [-0.25, -0.2) is 14.2 Å². The van der Waals surface area contributed by atoms with E-state index in [0.29, 0.717) is 23.0 Å². The molecule has 0 aliphatic heterocycles. The molecule has 0 bridgehead atoms. The van der Waals surface area contributed by atoms with Gasteiger partial charge in [0.05, 0.1) is 32.4 Å². The highest BCUT2D eigenvalue weighted by atomic mass is 32.2. The smallest absolute Gasteiger partial charge is 0.434 e. The van der Waals surface area contributed by atoms with Crippen molar-refractivity contribution in [1.82, 2.24) is 10.1 Å². The van der Waals surface area contributed by atoms with Gasteiger partial charge in [0.1, 0.15) is 10.8 Å². The molecule has 3 aromatic rings. The highest BCUT2D eigenvalue weighted by molar-refractivity contribution is 8.15. The van der Waals surface area contributed by atoms with Crippen LogP contribution in [-0.2, 0) is 11.2 Å². The number of carbonyl (C=O) groups is 1. The fraction of sp³-hybridized carbons (Fsp3) is 0.217. The predicted molar refractivity (Wildman–Crippen MR) is 126 cm³/mol. The van der Waals surface area contributed by atoms with Gasteiger partial charge >= 0.3 is 6.09 Å². The van der Waals surface area contributed by atoms with Crippen molar-refractivity contribution in [3.8, 4) is 23.2 Å². The van der Waals surface area contributed by atoms with Crippen LogP contribution in [0.4, 0.5) is 14.9 Å². The Morgan fingerprint density at radius 1 is 1.26 bits per heavy atom. The molecule has 0 atom stereocenters. The number of nitrogens with zero attached hydrogens (tertiary/aromatic N) is 5. The normalized spacial score (nSPS) is 11.8. The number of aryl methyl sites for hydroxylation is 1. The first-order chi connectivity index (χ1) is 16.4. The number of carbonyl (C=O) groups excluding carboxylic acids is 1. The van der Waals surface area contributed by atoms with Crippen molar-refractivity contribution < 1.29 is 23.2 Å². The number of aliphatic imine (C=N–C) groups is 2. The summed E-state index contributed by atoms with van der Waals surface area (Å²) in [5.41, 5.74) is 2.07. The Balaban J connectivity index is 2.16. The molecule has 1 amide bonds. The van der Waals surface area contributed by atoms with Crippen molar-refractivity contribution in [3.05, 3.63) is 59.2 Å². The highest BCUT2D eigenvalue weighted by Crippen LogP contribution is 2.27. The lowest BCUT2D eigenvalue weighted by molar-refractivity contribution is 0.183. The van der Waals surface area contributed by atoms with Crippen LogP contribution in [0.1, 0.15) is 17.0 Å². The van der Waals surface area contributed by atoms with E-state index in [1.54, 1.807) is 37.4 Å². The Bertz CT molecular complexity index is 1300. The lowest BCUT2D eigenvalue weighted by Crippen LogP contribution is -2.15. The Morgan fingerprint density at radius 3 is 2.56 bits per heavy atom. The van der Waals surface area contributed by atoms with E-state index in [4.69, 9.17) is 14.5 Å². The van der Waals surface area contributed by atoms with Crippen molar-refractivity contribution in [2.75, 3.05) is 20.5 Å². The number of halogens is 1. The molecular formula is C23H20FN5O4S. The maximum Gasteiger partial charge on any atom is 0.434 e. The molecule has 0 N–H and O–H groups in total. The quantitative estimate of drug-likeness (QED) is 0.359. The van der Waals surface area contributed by atoms with Crippen LogP contribution >= 0.6 is 11.8 Å². The minimum Gasteiger partial charge on any atom is -0.494 e. The summed E-state index contributed by atoms with van der Waals surface area (Å²) in [6, 6.07) is 11.9. The Labute approximate surface area is 199 Å². The van der Waals surface area contributed by atoms with E-state index < -0.39 is 11.9 Å². The van der Waals surface area contributed by atoms with Crippen LogP contribution in [0.5, 0.6) is 5.75 Å². The van der Waals surface area contributed by atoms with E-state index >= 15 is 0 Å². The van der Waals surface area contributed by atoms with Gasteiger partial charge in [-0.05, 0) is 42.7 Å². The average Bonchev–Trinajstić information content (AvgIpc) is 3.29. The van der Waals surface area contributed by atoms with Crippen molar-refractivity contribution >= 4 is 34.3 Å². The molecule has 1 aromatic heterocycles. The number of hydrogen-bond donors (Lipinski definition) is 0. The molecule has 0 aliphatic carbocycles. The molecule has 3 rings (SSSR count). The van der Waals surface area contributed by atoms with Crippen LogP contribution in [0.3, 0.4) is 0 Å². The number of ether oxygens (including phenoxy) is 2. The molecule has 1 heterocycles. The Hall–Kier alpha value is -4.04. The van der Waals surface area contributed by atoms with Crippen LogP contribution in [0.25, 0.3) is 11.4 Å². The first kappa shape index (κ1) is 24.6. The molecule has 0 spiro atoms. The van der Waals surface area contributed by atoms with Gasteiger partial charge in [-0.15, -0.1) is 11.8 Å². The molecular weight excluding hydrogens is 461 g/mol. The Morgan fingerprint density at radius 2 is 2.00 bits per heavy atom. The molecule has 34 heavy (non-hydrogen) atoms. The minimum absolute atomic E-state index is 0.0585. The molecule has 0 unspecified atom stereocenters. The summed E-state index contributed by atoms with van der Waals surface area (Å²) < 4.78 is 29.5. The van der Waals surface area contributed by atoms with Crippen molar-refractivity contribution in [2.24, 2.45) is 9.98 Å². The lowest BCUT2D eigenvalue weighted by atomic mass is 10.0. The first-order valence-corrected chi connectivity index (χ1v) is 11.1. The van der Waals surface area contributed by atoms with Crippen LogP contribution in [0, 0.1) is 24.1 Å². The van der Waals surface area contributed by atoms with Gasteiger partial charge in [0.15, 0.2) is 11.6 Å². The van der Waals surface area contributed by atoms with Gasteiger partial charge in [-0.2, -0.15) is 15.2 Å². The van der Waals surface area contributed by atoms with Gasteiger partial charge in [0.2, 0.25) is 11.7 Å². The summed E-state index contributed by atoms with van der Waals surface area (Å²) in [7, 11) is 2.54. The van der Waals surface area contributed by atoms with Crippen LogP contribution in [0.2, 0.25) is 0 Å². The average molecular weight is 482 g/mol. The summed E-state index contributed by atoms with van der Waals surface area (Å²) in [5, 5.41) is 13.2. The third-order valence-electron chi connectivity index (χ3n) is 4.53. The first-order valence-electron chi connectivity index (χ1n) is 9.84. The van der Waals surface area contributed by atoms with E-state index in [1.807, 2.05) is 6.07 Å². The van der Waals surface area contributed by atoms with Gasteiger partial charge in [0, 0.05) is 23.6 Å². The number of methoxy groups -OCH3 is 2. The molecule has 0 saturated carbocycles. The van der Waals surface area contributed by atoms with Crippen molar-refractivity contribution in [2.45, 2.75) is 13.3 Å². The highest BCUT2D eigenvalue weighted by Gasteiger charge is 2.19. The maximum absolute atomic E-state index is 14.6. The molecule has 0 aliphatic rings. The fourth-order valence-electron chi connectivity index (χ4n) is 2.94. The molecule has 0 saturated heterocycles. The second kappa shape index (κ2) is 11.2. The number of thioether (sulfide) groups is 1. The number of benzene rings is 2. The molecule has 0 fully saturated rings. The number of aromatic nitrogens is 2. The van der Waals surface area contributed by atoms with E-state index in [0.717, 1.165) is 17.3 Å². The third kappa shape index (κ3) is 5.65. The van der Waals surface area contributed by atoms with Gasteiger partial charge in [0.25, 0.3) is 0 Å². The van der Waals surface area contributed by atoms with E-state index in [-0.39, 0.29) is 28.5 Å². The summed E-state index contributed by atoms with van der Waals surface area (Å²) >= 11 is 1.16. The zero-order valence-electron chi connectivity index (χ0n) is 18.8.